The van der Waals surface area contributed by atoms with Crippen LogP contribution in [0.25, 0.3) is 0 Å². The van der Waals surface area contributed by atoms with E-state index in [1.807, 2.05) is 0 Å². The van der Waals surface area contributed by atoms with E-state index in [9.17, 15) is 14.4 Å². The summed E-state index contributed by atoms with van der Waals surface area (Å²) >= 11 is 0. The zero-order chi connectivity index (χ0) is 27.1. The summed E-state index contributed by atoms with van der Waals surface area (Å²) in [5.74, 6) is 0.924. The molecule has 1 saturated heterocycles. The smallest absolute Gasteiger partial charge is 0.350 e. The number of fused-ring (bicyclic) bond motifs is 4. The van der Waals surface area contributed by atoms with Crippen LogP contribution in [0.4, 0.5) is 0 Å². The van der Waals surface area contributed by atoms with Crippen LogP contribution in [0.15, 0.2) is 12.2 Å². The van der Waals surface area contributed by atoms with Crippen LogP contribution in [0.3, 0.4) is 0 Å². The summed E-state index contributed by atoms with van der Waals surface area (Å²) in [4.78, 5) is 37.4. The Bertz CT molecular complexity index is 1160. The van der Waals surface area contributed by atoms with Crippen molar-refractivity contribution in [1.82, 2.24) is 0 Å². The topological polar surface area (TPSA) is 78.9 Å². The Labute approximate surface area is 226 Å². The molecule has 6 fully saturated rings. The average molecular weight is 525 g/mol. The molecule has 5 saturated carbocycles. The summed E-state index contributed by atoms with van der Waals surface area (Å²) in [5.41, 5.74) is -0.837. The van der Waals surface area contributed by atoms with Crippen molar-refractivity contribution in [3.63, 3.8) is 0 Å². The molecule has 6 heteroatoms. The van der Waals surface area contributed by atoms with Gasteiger partial charge in [0.05, 0.1) is 0 Å². The van der Waals surface area contributed by atoms with Gasteiger partial charge in [-0.1, -0.05) is 19.9 Å². The number of cyclic esters (lactones) is 1. The SMILES string of the molecule is CC(=O)OC1(C)C(=O)OC2CC1CC2C1CCC2(C)C3CCC4C(C)(C)OC(=O)C=CC45CC35CCC12C. The monoisotopic (exact) mass is 524 g/mol. The quantitative estimate of drug-likeness (QED) is 0.337. The highest BCUT2D eigenvalue weighted by Crippen LogP contribution is 2.87. The minimum absolute atomic E-state index is 0.0334. The van der Waals surface area contributed by atoms with Gasteiger partial charge in [0.15, 0.2) is 0 Å². The largest absolute Gasteiger partial charge is 0.459 e. The fourth-order valence-electron chi connectivity index (χ4n) is 12.2. The molecule has 38 heavy (non-hydrogen) atoms. The number of hydrogen-bond donors (Lipinski definition) is 0. The molecule has 0 amide bonds. The van der Waals surface area contributed by atoms with Crippen LogP contribution in [-0.2, 0) is 28.6 Å². The van der Waals surface area contributed by atoms with Crippen molar-refractivity contribution < 1.29 is 28.6 Å². The number of allylic oxidation sites excluding steroid dienone is 1. The van der Waals surface area contributed by atoms with E-state index in [1.54, 1.807) is 13.0 Å². The number of carbonyl (C=O) groups is 3. The molecule has 5 aliphatic carbocycles. The maximum atomic E-state index is 13.0. The van der Waals surface area contributed by atoms with Crippen LogP contribution in [0.2, 0.25) is 0 Å². The van der Waals surface area contributed by atoms with Gasteiger partial charge in [-0.25, -0.2) is 9.59 Å². The van der Waals surface area contributed by atoms with Crippen molar-refractivity contribution in [1.29, 1.82) is 0 Å². The van der Waals surface area contributed by atoms with Crippen LogP contribution < -0.4 is 0 Å². The Morgan fingerprint density at radius 3 is 2.42 bits per heavy atom. The summed E-state index contributed by atoms with van der Waals surface area (Å²) in [6.45, 7) is 12.5. The summed E-state index contributed by atoms with van der Waals surface area (Å²) in [7, 11) is 0. The molecule has 2 heterocycles. The summed E-state index contributed by atoms with van der Waals surface area (Å²) in [6.07, 6.45) is 13.9. The lowest BCUT2D eigenvalue weighted by atomic mass is 9.43. The molecule has 11 atom stereocenters. The number of hydrogen-bond acceptors (Lipinski definition) is 6. The zero-order valence-corrected chi connectivity index (χ0v) is 23.9. The third-order valence-corrected chi connectivity index (χ3v) is 14.0. The van der Waals surface area contributed by atoms with Gasteiger partial charge in [-0.05, 0) is 113 Å². The van der Waals surface area contributed by atoms with Crippen LogP contribution in [-0.4, -0.2) is 35.2 Å². The zero-order valence-electron chi connectivity index (χ0n) is 23.9. The van der Waals surface area contributed by atoms with Crippen molar-refractivity contribution in [2.24, 2.45) is 51.2 Å². The minimum Gasteiger partial charge on any atom is -0.459 e. The molecular weight excluding hydrogens is 480 g/mol. The fourth-order valence-corrected chi connectivity index (χ4v) is 12.2. The Morgan fingerprint density at radius 1 is 0.947 bits per heavy atom. The molecule has 0 aromatic rings. The number of esters is 3. The maximum absolute atomic E-state index is 13.0. The normalized spacial score (nSPS) is 55.4. The molecule has 2 bridgehead atoms. The molecule has 208 valence electrons. The van der Waals surface area contributed by atoms with Gasteiger partial charge in [-0.2, -0.15) is 0 Å². The molecule has 7 aliphatic rings. The van der Waals surface area contributed by atoms with Gasteiger partial charge in [0.1, 0.15) is 11.7 Å². The third kappa shape index (κ3) is 2.78. The first kappa shape index (κ1) is 25.1. The first-order chi connectivity index (χ1) is 17.7. The van der Waals surface area contributed by atoms with Gasteiger partial charge in [0.25, 0.3) is 0 Å². The van der Waals surface area contributed by atoms with Gasteiger partial charge in [-0.3, -0.25) is 4.79 Å². The predicted octanol–water partition coefficient (Wildman–Crippen LogP) is 5.77. The molecule has 0 N–H and O–H groups in total. The molecule has 2 spiro atoms. The van der Waals surface area contributed by atoms with Crippen LogP contribution in [0.1, 0.15) is 99.3 Å². The van der Waals surface area contributed by atoms with Crippen molar-refractivity contribution in [3.8, 4) is 0 Å². The molecule has 11 unspecified atom stereocenters. The van der Waals surface area contributed by atoms with E-state index in [-0.39, 0.29) is 45.6 Å². The number of carbonyl (C=O) groups excluding carboxylic acids is 3. The van der Waals surface area contributed by atoms with Gasteiger partial charge in [0.2, 0.25) is 5.60 Å². The molecule has 2 aliphatic heterocycles. The number of ether oxygens (including phenoxy) is 3. The lowest BCUT2D eigenvalue weighted by Crippen LogP contribution is -2.56. The fraction of sp³-hybridized carbons (Fsp3) is 0.844. The van der Waals surface area contributed by atoms with E-state index < -0.39 is 17.2 Å². The lowest BCUT2D eigenvalue weighted by molar-refractivity contribution is -0.198. The van der Waals surface area contributed by atoms with E-state index in [4.69, 9.17) is 14.2 Å². The number of rotatable bonds is 2. The molecule has 0 aromatic carbocycles. The first-order valence-corrected chi connectivity index (χ1v) is 15.1. The van der Waals surface area contributed by atoms with Crippen molar-refractivity contribution >= 4 is 17.9 Å². The molecule has 7 rings (SSSR count). The van der Waals surface area contributed by atoms with Crippen molar-refractivity contribution in [2.75, 3.05) is 0 Å². The van der Waals surface area contributed by atoms with E-state index in [0.717, 1.165) is 19.3 Å². The Hall–Kier alpha value is -1.85. The molecule has 0 aromatic heterocycles. The highest BCUT2D eigenvalue weighted by atomic mass is 16.6. The Kier molecular flexibility index (Phi) is 4.80. The minimum atomic E-state index is -1.16. The predicted molar refractivity (Wildman–Crippen MR) is 139 cm³/mol. The van der Waals surface area contributed by atoms with Crippen molar-refractivity contribution in [3.05, 3.63) is 12.2 Å². The van der Waals surface area contributed by atoms with E-state index in [0.29, 0.717) is 23.7 Å². The van der Waals surface area contributed by atoms with Gasteiger partial charge < -0.3 is 14.2 Å². The molecule has 6 nitrogen and oxygen atoms in total. The molecular formula is C32H44O6. The van der Waals surface area contributed by atoms with Gasteiger partial charge >= 0.3 is 17.9 Å². The first-order valence-electron chi connectivity index (χ1n) is 15.1. The Morgan fingerprint density at radius 2 is 1.68 bits per heavy atom. The van der Waals surface area contributed by atoms with Crippen molar-refractivity contribution in [2.45, 2.75) is 117 Å². The summed E-state index contributed by atoms with van der Waals surface area (Å²) < 4.78 is 17.6. The van der Waals surface area contributed by atoms with E-state index >= 15 is 0 Å². The average Bonchev–Trinajstić information content (AvgIpc) is 3.26. The van der Waals surface area contributed by atoms with Crippen LogP contribution >= 0.6 is 0 Å². The van der Waals surface area contributed by atoms with Gasteiger partial charge in [0, 0.05) is 30.3 Å². The van der Waals surface area contributed by atoms with Gasteiger partial charge in [-0.15, -0.1) is 0 Å². The highest BCUT2D eigenvalue weighted by molar-refractivity contribution is 5.84. The highest BCUT2D eigenvalue weighted by Gasteiger charge is 2.81. The third-order valence-electron chi connectivity index (χ3n) is 14.0. The summed E-state index contributed by atoms with van der Waals surface area (Å²) in [5, 5.41) is 0. The Balaban J connectivity index is 1.20. The van der Waals surface area contributed by atoms with E-state index in [1.165, 1.54) is 45.4 Å². The second kappa shape index (κ2) is 7.26. The second-order valence-corrected chi connectivity index (χ2v) is 15.4. The lowest BCUT2D eigenvalue weighted by Gasteiger charge is -2.61. The second-order valence-electron chi connectivity index (χ2n) is 15.4. The van der Waals surface area contributed by atoms with Crippen LogP contribution in [0.5, 0.6) is 0 Å². The molecule has 0 radical (unpaired) electrons. The maximum Gasteiger partial charge on any atom is 0.350 e. The van der Waals surface area contributed by atoms with Crippen LogP contribution in [0, 0.1) is 51.2 Å². The standard InChI is InChI=1S/C32H44O6/c1-18(33)37-30(6)19-15-20(22(16-19)36-26(30)35)21-9-11-29(5)24-8-7-23-27(2,3)38-25(34)10-12-31(23)17-32(24,31)14-13-28(21,29)4/h10,12,19-24H,7-9,11,13-17H2,1-6H3. The summed E-state index contributed by atoms with van der Waals surface area (Å²) in [6, 6.07) is 0. The van der Waals surface area contributed by atoms with E-state index in [2.05, 4.69) is 33.8 Å².